The van der Waals surface area contributed by atoms with Gasteiger partial charge in [0.15, 0.2) is 0 Å². The van der Waals surface area contributed by atoms with Crippen molar-refractivity contribution in [3.8, 4) is 0 Å². The zero-order valence-electron chi connectivity index (χ0n) is 9.63. The Morgan fingerprint density at radius 3 is 2.50 bits per heavy atom. The molecule has 1 saturated heterocycles. The molecule has 14 heavy (non-hydrogen) atoms. The van der Waals surface area contributed by atoms with Gasteiger partial charge in [0.2, 0.25) is 0 Å². The highest BCUT2D eigenvalue weighted by molar-refractivity contribution is 4.85. The molecule has 2 heteroatoms. The summed E-state index contributed by atoms with van der Waals surface area (Å²) in [5.41, 5.74) is 0. The minimum Gasteiger partial charge on any atom is -0.310 e. The minimum absolute atomic E-state index is 0.744. The molecule has 1 saturated carbocycles. The molecule has 1 unspecified atom stereocenters. The van der Waals surface area contributed by atoms with E-state index in [1.807, 2.05) is 0 Å². The van der Waals surface area contributed by atoms with Crippen LogP contribution >= 0.6 is 0 Å². The van der Waals surface area contributed by atoms with Gasteiger partial charge in [-0.3, -0.25) is 0 Å². The van der Waals surface area contributed by atoms with Gasteiger partial charge < -0.3 is 10.2 Å². The van der Waals surface area contributed by atoms with Crippen LogP contribution in [0.3, 0.4) is 0 Å². The van der Waals surface area contributed by atoms with E-state index in [2.05, 4.69) is 24.2 Å². The van der Waals surface area contributed by atoms with Gasteiger partial charge in [0.25, 0.3) is 0 Å². The van der Waals surface area contributed by atoms with Gasteiger partial charge in [0.05, 0.1) is 0 Å². The van der Waals surface area contributed by atoms with E-state index >= 15 is 0 Å². The molecule has 1 aliphatic carbocycles. The number of likely N-dealkylation sites (tertiary alicyclic amines) is 1. The normalized spacial score (nSPS) is 32.6. The molecule has 0 aromatic rings. The van der Waals surface area contributed by atoms with Crippen LogP contribution in [-0.4, -0.2) is 37.1 Å². The fourth-order valence-corrected chi connectivity index (χ4v) is 3.04. The van der Waals surface area contributed by atoms with Crippen molar-refractivity contribution in [2.75, 3.05) is 20.1 Å². The lowest BCUT2D eigenvalue weighted by molar-refractivity contribution is 0.331. The fourth-order valence-electron chi connectivity index (χ4n) is 3.04. The molecule has 1 aliphatic heterocycles. The molecule has 2 rings (SSSR count). The quantitative estimate of drug-likeness (QED) is 0.741. The van der Waals surface area contributed by atoms with Crippen LogP contribution in [0.15, 0.2) is 0 Å². The molecule has 2 atom stereocenters. The summed E-state index contributed by atoms with van der Waals surface area (Å²) in [5, 5.41) is 3.81. The number of rotatable bonds is 3. The van der Waals surface area contributed by atoms with Crippen molar-refractivity contribution >= 4 is 0 Å². The summed E-state index contributed by atoms with van der Waals surface area (Å²) < 4.78 is 0. The average Bonchev–Trinajstić information content (AvgIpc) is 2.75. The second kappa shape index (κ2) is 4.63. The Hall–Kier alpha value is -0.0800. The summed E-state index contributed by atoms with van der Waals surface area (Å²) in [7, 11) is 2.22. The van der Waals surface area contributed by atoms with Gasteiger partial charge in [-0.1, -0.05) is 12.8 Å². The summed E-state index contributed by atoms with van der Waals surface area (Å²) in [6.45, 7) is 4.90. The molecule has 0 spiro atoms. The van der Waals surface area contributed by atoms with Gasteiger partial charge in [0, 0.05) is 18.6 Å². The maximum atomic E-state index is 3.81. The molecular weight excluding hydrogens is 172 g/mol. The van der Waals surface area contributed by atoms with Gasteiger partial charge in [-0.25, -0.2) is 0 Å². The van der Waals surface area contributed by atoms with E-state index in [4.69, 9.17) is 0 Å². The third-order valence-electron chi connectivity index (χ3n) is 4.00. The first kappa shape index (κ1) is 10.4. The van der Waals surface area contributed by atoms with Crippen LogP contribution in [0, 0.1) is 5.92 Å². The fraction of sp³-hybridized carbons (Fsp3) is 1.00. The van der Waals surface area contributed by atoms with E-state index in [0.29, 0.717) is 0 Å². The molecule has 1 heterocycles. The van der Waals surface area contributed by atoms with Crippen LogP contribution in [0.4, 0.5) is 0 Å². The maximum absolute atomic E-state index is 3.81. The number of nitrogens with zero attached hydrogens (tertiary/aromatic N) is 1. The molecule has 1 N–H and O–H groups in total. The van der Waals surface area contributed by atoms with Crippen molar-refractivity contribution < 1.29 is 0 Å². The van der Waals surface area contributed by atoms with Gasteiger partial charge in [-0.2, -0.15) is 0 Å². The third kappa shape index (κ3) is 2.48. The van der Waals surface area contributed by atoms with Gasteiger partial charge in [-0.05, 0) is 45.7 Å². The predicted octanol–water partition coefficient (Wildman–Crippen LogP) is 1.86. The van der Waals surface area contributed by atoms with Gasteiger partial charge in [0.1, 0.15) is 0 Å². The largest absolute Gasteiger partial charge is 0.310 e. The van der Waals surface area contributed by atoms with Crippen molar-refractivity contribution in [2.45, 2.75) is 51.1 Å². The number of nitrogens with one attached hydrogen (secondary N) is 1. The van der Waals surface area contributed by atoms with E-state index in [1.165, 1.54) is 45.2 Å². The van der Waals surface area contributed by atoms with E-state index in [0.717, 1.165) is 18.0 Å². The molecule has 0 radical (unpaired) electrons. The average molecular weight is 196 g/mol. The van der Waals surface area contributed by atoms with Crippen molar-refractivity contribution in [1.29, 1.82) is 0 Å². The molecular formula is C12H24N2. The SMILES string of the molecule is C[C@@H](NC1CCN(C)C1)C1CCCC1. The van der Waals surface area contributed by atoms with Crippen molar-refractivity contribution in [1.82, 2.24) is 10.2 Å². The lowest BCUT2D eigenvalue weighted by atomic mass is 9.99. The Morgan fingerprint density at radius 1 is 1.21 bits per heavy atom. The Labute approximate surface area is 88.1 Å². The second-order valence-corrected chi connectivity index (χ2v) is 5.25. The standard InChI is InChI=1S/C12H24N2/c1-10(11-5-3-4-6-11)13-12-7-8-14(2)9-12/h10-13H,3-9H2,1-2H3/t10-,12?/m1/s1. The van der Waals surface area contributed by atoms with Crippen LogP contribution in [0.5, 0.6) is 0 Å². The van der Waals surface area contributed by atoms with Gasteiger partial charge >= 0.3 is 0 Å². The van der Waals surface area contributed by atoms with Crippen molar-refractivity contribution in [3.63, 3.8) is 0 Å². The Kier molecular flexibility index (Phi) is 3.45. The molecule has 0 aromatic heterocycles. The second-order valence-electron chi connectivity index (χ2n) is 5.25. The summed E-state index contributed by atoms with van der Waals surface area (Å²) in [6.07, 6.45) is 7.17. The maximum Gasteiger partial charge on any atom is 0.0209 e. The summed E-state index contributed by atoms with van der Waals surface area (Å²) in [5.74, 6) is 0.959. The predicted molar refractivity (Wildman–Crippen MR) is 60.5 cm³/mol. The molecule has 82 valence electrons. The van der Waals surface area contributed by atoms with Crippen molar-refractivity contribution in [2.24, 2.45) is 5.92 Å². The highest BCUT2D eigenvalue weighted by Crippen LogP contribution is 2.28. The zero-order valence-corrected chi connectivity index (χ0v) is 9.63. The Morgan fingerprint density at radius 2 is 1.93 bits per heavy atom. The van der Waals surface area contributed by atoms with Crippen molar-refractivity contribution in [3.05, 3.63) is 0 Å². The number of hydrogen-bond acceptors (Lipinski definition) is 2. The third-order valence-corrected chi connectivity index (χ3v) is 4.00. The van der Waals surface area contributed by atoms with E-state index in [-0.39, 0.29) is 0 Å². The van der Waals surface area contributed by atoms with Crippen LogP contribution in [0.1, 0.15) is 39.0 Å². The topological polar surface area (TPSA) is 15.3 Å². The molecule has 2 fully saturated rings. The Balaban J connectivity index is 1.73. The first-order chi connectivity index (χ1) is 6.75. The van der Waals surface area contributed by atoms with Crippen LogP contribution in [-0.2, 0) is 0 Å². The summed E-state index contributed by atoms with van der Waals surface area (Å²) in [4.78, 5) is 2.43. The van der Waals surface area contributed by atoms with E-state index in [1.54, 1.807) is 0 Å². The molecule has 2 nitrogen and oxygen atoms in total. The van der Waals surface area contributed by atoms with Crippen LogP contribution < -0.4 is 5.32 Å². The molecule has 2 aliphatic rings. The summed E-state index contributed by atoms with van der Waals surface area (Å²) >= 11 is 0. The van der Waals surface area contributed by atoms with Gasteiger partial charge in [-0.15, -0.1) is 0 Å². The molecule has 0 amide bonds. The number of likely N-dealkylation sites (N-methyl/N-ethyl adjacent to an activating group) is 1. The van der Waals surface area contributed by atoms with E-state index in [9.17, 15) is 0 Å². The zero-order chi connectivity index (χ0) is 9.97. The summed E-state index contributed by atoms with van der Waals surface area (Å²) in [6, 6.07) is 1.50. The molecule has 0 aromatic carbocycles. The van der Waals surface area contributed by atoms with Crippen LogP contribution in [0.2, 0.25) is 0 Å². The number of hydrogen-bond donors (Lipinski definition) is 1. The minimum atomic E-state index is 0.744. The molecule has 0 bridgehead atoms. The highest BCUT2D eigenvalue weighted by atomic mass is 15.2. The van der Waals surface area contributed by atoms with E-state index < -0.39 is 0 Å². The highest BCUT2D eigenvalue weighted by Gasteiger charge is 2.26. The van der Waals surface area contributed by atoms with Crippen LogP contribution in [0.25, 0.3) is 0 Å². The Bertz CT molecular complexity index is 175. The lowest BCUT2D eigenvalue weighted by Crippen LogP contribution is -2.41. The lowest BCUT2D eigenvalue weighted by Gasteiger charge is -2.24. The monoisotopic (exact) mass is 196 g/mol. The first-order valence-electron chi connectivity index (χ1n) is 6.20. The first-order valence-corrected chi connectivity index (χ1v) is 6.20. The smallest absolute Gasteiger partial charge is 0.0209 e.